The predicted molar refractivity (Wildman–Crippen MR) is 135 cm³/mol. The minimum atomic E-state index is -0.229. The fourth-order valence-corrected chi connectivity index (χ4v) is 3.75. The maximum Gasteiger partial charge on any atom is 0.166 e. The molecule has 0 bridgehead atoms. The third-order valence-corrected chi connectivity index (χ3v) is 5.53. The van der Waals surface area contributed by atoms with Gasteiger partial charge < -0.3 is 20.4 Å². The van der Waals surface area contributed by atoms with E-state index in [1.807, 2.05) is 50.2 Å². The average molecular weight is 570 g/mol. The molecule has 0 amide bonds. The van der Waals surface area contributed by atoms with E-state index in [-0.39, 0.29) is 56.0 Å². The van der Waals surface area contributed by atoms with Crippen molar-refractivity contribution in [3.05, 3.63) is 95.1 Å². The molecule has 0 aromatic heterocycles. The number of aryl methyl sites for hydroxylation is 2. The van der Waals surface area contributed by atoms with E-state index in [2.05, 4.69) is 9.98 Å². The van der Waals surface area contributed by atoms with Crippen LogP contribution in [0.1, 0.15) is 22.3 Å². The Morgan fingerprint density at radius 1 is 0.528 bits per heavy atom. The molecule has 6 nitrogen and oxygen atoms in total. The van der Waals surface area contributed by atoms with Crippen LogP contribution in [0.4, 0.5) is 11.4 Å². The Morgan fingerprint density at radius 2 is 0.889 bits per heavy atom. The van der Waals surface area contributed by atoms with Crippen LogP contribution in [0.5, 0.6) is 23.0 Å². The molecule has 4 N–H and O–H groups in total. The molecule has 0 heterocycles. The molecule has 8 heteroatoms. The molecule has 0 aliphatic heterocycles. The van der Waals surface area contributed by atoms with Crippen LogP contribution >= 0.6 is 0 Å². The van der Waals surface area contributed by atoms with Crippen LogP contribution < -0.4 is 0 Å². The summed E-state index contributed by atoms with van der Waals surface area (Å²) in [6.45, 7) is 3.97. The Balaban J connectivity index is 0.00000228. The van der Waals surface area contributed by atoms with Gasteiger partial charge in [-0.15, -0.1) is 0 Å². The molecule has 0 unspecified atom stereocenters. The molecule has 4 aromatic carbocycles. The fraction of sp³-hybridized carbons (Fsp3) is 0.0714. The molecule has 0 saturated carbocycles. The van der Waals surface area contributed by atoms with Crippen molar-refractivity contribution in [1.82, 2.24) is 0 Å². The zero-order valence-electron chi connectivity index (χ0n) is 19.4. The number of aromatic hydroxyl groups is 4. The van der Waals surface area contributed by atoms with Crippen LogP contribution in [0, 0.1) is 13.8 Å². The van der Waals surface area contributed by atoms with Crippen molar-refractivity contribution in [1.29, 1.82) is 0 Å². The summed E-state index contributed by atoms with van der Waals surface area (Å²) in [6, 6.07) is 21.0. The number of hydrogen-bond donors (Lipinski definition) is 4. The number of nitrogens with zero attached hydrogens (tertiary/aromatic N) is 2. The van der Waals surface area contributed by atoms with Gasteiger partial charge in [0.05, 0.1) is 11.4 Å². The summed E-state index contributed by atoms with van der Waals surface area (Å²) in [7, 11) is 0. The first-order chi connectivity index (χ1) is 16.4. The van der Waals surface area contributed by atoms with E-state index in [1.54, 1.807) is 24.3 Å². The molecule has 0 spiro atoms. The molecule has 36 heavy (non-hydrogen) atoms. The molecular formula is C28H24N2Ni2O4. The topological polar surface area (TPSA) is 106 Å². The summed E-state index contributed by atoms with van der Waals surface area (Å²) in [5.41, 5.74) is 5.88. The Morgan fingerprint density at radius 3 is 1.28 bits per heavy atom. The van der Waals surface area contributed by atoms with E-state index in [0.717, 1.165) is 22.3 Å². The Labute approximate surface area is 229 Å². The first-order valence-electron chi connectivity index (χ1n) is 10.7. The quantitative estimate of drug-likeness (QED) is 0.129. The first-order valence-corrected chi connectivity index (χ1v) is 10.7. The molecular weight excluding hydrogens is 546 g/mol. The van der Waals surface area contributed by atoms with Gasteiger partial charge in [-0.25, -0.2) is 0 Å². The van der Waals surface area contributed by atoms with Gasteiger partial charge in [0.2, 0.25) is 0 Å². The summed E-state index contributed by atoms with van der Waals surface area (Å²) >= 11 is 0. The van der Waals surface area contributed by atoms with Crippen molar-refractivity contribution >= 4 is 23.8 Å². The number of rotatable bonds is 5. The monoisotopic (exact) mass is 568 g/mol. The standard InChI is InChI=1S/C28H24N2O4.2Ni/c1-17-7-3-11-21(29-15-19-9-5-13-23(31)27(19)33)25(17)26-18(2)8-4-12-22(26)30-16-20-10-6-14-24(32)28(20)34;;/h3-16,31-34H,1-2H3;;. The molecule has 190 valence electrons. The Kier molecular flexibility index (Phi) is 9.86. The van der Waals surface area contributed by atoms with Crippen LogP contribution in [-0.4, -0.2) is 32.9 Å². The van der Waals surface area contributed by atoms with Crippen molar-refractivity contribution in [2.75, 3.05) is 0 Å². The largest absolute Gasteiger partial charge is 0.504 e. The number of para-hydroxylation sites is 2. The molecule has 0 atom stereocenters. The van der Waals surface area contributed by atoms with Crippen LogP contribution in [0.2, 0.25) is 0 Å². The van der Waals surface area contributed by atoms with E-state index in [4.69, 9.17) is 0 Å². The Hall–Kier alpha value is -3.59. The average Bonchev–Trinajstić information content (AvgIpc) is 2.82. The third-order valence-electron chi connectivity index (χ3n) is 5.53. The summed E-state index contributed by atoms with van der Waals surface area (Å²) in [6.07, 6.45) is 3.03. The zero-order chi connectivity index (χ0) is 24.2. The van der Waals surface area contributed by atoms with Crippen molar-refractivity contribution in [2.45, 2.75) is 13.8 Å². The second-order valence-corrected chi connectivity index (χ2v) is 7.88. The molecule has 0 aliphatic carbocycles. The van der Waals surface area contributed by atoms with Gasteiger partial charge in [-0.1, -0.05) is 36.4 Å². The SMILES string of the molecule is Cc1cccc(N=Cc2cccc(O)c2O)c1-c1c(C)cccc1N=Cc1cccc(O)c1O.[Ni].[Ni]. The van der Waals surface area contributed by atoms with E-state index in [1.165, 1.54) is 24.6 Å². The van der Waals surface area contributed by atoms with Gasteiger partial charge in [0.15, 0.2) is 23.0 Å². The second kappa shape index (κ2) is 12.4. The van der Waals surface area contributed by atoms with Crippen LogP contribution in [0.15, 0.2) is 82.8 Å². The maximum atomic E-state index is 10.1. The molecule has 4 aromatic rings. The van der Waals surface area contributed by atoms with E-state index in [9.17, 15) is 20.4 Å². The second-order valence-electron chi connectivity index (χ2n) is 7.88. The molecule has 0 aliphatic rings. The number of hydrogen-bond acceptors (Lipinski definition) is 6. The smallest absolute Gasteiger partial charge is 0.166 e. The van der Waals surface area contributed by atoms with Crippen molar-refractivity contribution < 1.29 is 53.4 Å². The maximum absolute atomic E-state index is 10.1. The Bertz CT molecular complexity index is 1330. The van der Waals surface area contributed by atoms with Crippen molar-refractivity contribution in [3.63, 3.8) is 0 Å². The normalized spacial score (nSPS) is 10.8. The number of phenolic OH excluding ortho intramolecular Hbond substituents is 4. The van der Waals surface area contributed by atoms with Crippen molar-refractivity contribution in [2.24, 2.45) is 9.98 Å². The van der Waals surface area contributed by atoms with E-state index < -0.39 is 0 Å². The fourth-order valence-electron chi connectivity index (χ4n) is 3.75. The van der Waals surface area contributed by atoms with Gasteiger partial charge in [-0.05, 0) is 61.4 Å². The van der Waals surface area contributed by atoms with Gasteiger partial charge in [0, 0.05) is 67.7 Å². The number of phenols is 4. The summed E-state index contributed by atoms with van der Waals surface area (Å²) in [5.74, 6) is -0.876. The third kappa shape index (κ3) is 5.96. The summed E-state index contributed by atoms with van der Waals surface area (Å²) in [5, 5.41) is 39.8. The van der Waals surface area contributed by atoms with Crippen molar-refractivity contribution in [3.8, 4) is 34.1 Å². The van der Waals surface area contributed by atoms with Crippen LogP contribution in [-0.2, 0) is 33.0 Å². The van der Waals surface area contributed by atoms with E-state index in [0.29, 0.717) is 22.5 Å². The number of aliphatic imine (C=N–C) groups is 2. The van der Waals surface area contributed by atoms with Crippen LogP contribution in [0.25, 0.3) is 11.1 Å². The number of benzene rings is 4. The zero-order valence-corrected chi connectivity index (χ0v) is 21.4. The van der Waals surface area contributed by atoms with Gasteiger partial charge in [0.25, 0.3) is 0 Å². The van der Waals surface area contributed by atoms with E-state index >= 15 is 0 Å². The minimum absolute atomic E-state index is 0. The first kappa shape index (κ1) is 28.6. The molecule has 0 fully saturated rings. The predicted octanol–water partition coefficient (Wildman–Crippen LogP) is 6.29. The van der Waals surface area contributed by atoms with Gasteiger partial charge >= 0.3 is 0 Å². The minimum Gasteiger partial charge on any atom is -0.504 e. The molecule has 4 rings (SSSR count). The summed E-state index contributed by atoms with van der Waals surface area (Å²) in [4.78, 5) is 9.24. The van der Waals surface area contributed by atoms with Crippen LogP contribution in [0.3, 0.4) is 0 Å². The van der Waals surface area contributed by atoms with Gasteiger partial charge in [-0.2, -0.15) is 0 Å². The molecule has 0 radical (unpaired) electrons. The van der Waals surface area contributed by atoms with Gasteiger partial charge in [-0.3, -0.25) is 9.98 Å². The summed E-state index contributed by atoms with van der Waals surface area (Å²) < 4.78 is 0. The molecule has 0 saturated heterocycles. The van der Waals surface area contributed by atoms with Gasteiger partial charge in [0.1, 0.15) is 0 Å².